The van der Waals surface area contributed by atoms with Crippen molar-refractivity contribution in [3.8, 4) is 0 Å². The molecule has 4 heterocycles. The van der Waals surface area contributed by atoms with Crippen LogP contribution in [0, 0.1) is 12.8 Å². The van der Waals surface area contributed by atoms with Gasteiger partial charge in [-0.3, -0.25) is 0 Å². The SMILES string of the molecule is Cc1c(CNC2CN3CCC2CC3)n(C)c2ccccc12. The van der Waals surface area contributed by atoms with Gasteiger partial charge in [0.25, 0.3) is 0 Å². The molecule has 3 aliphatic rings. The fourth-order valence-electron chi connectivity index (χ4n) is 4.31. The molecule has 0 aliphatic carbocycles. The lowest BCUT2D eigenvalue weighted by atomic mass is 9.84. The van der Waals surface area contributed by atoms with Crippen molar-refractivity contribution in [1.29, 1.82) is 0 Å². The van der Waals surface area contributed by atoms with Crippen LogP contribution >= 0.6 is 0 Å². The van der Waals surface area contributed by atoms with Gasteiger partial charge in [0.05, 0.1) is 0 Å². The number of rotatable bonds is 3. The standard InChI is InChI=1S/C18H25N3/c1-13-15-5-3-4-6-17(15)20(2)18(13)11-19-16-12-21-9-7-14(16)8-10-21/h3-6,14,16,19H,7-12H2,1-2H3. The Bertz CT molecular complexity index is 611. The number of aromatic nitrogens is 1. The summed E-state index contributed by atoms with van der Waals surface area (Å²) in [7, 11) is 2.20. The molecular weight excluding hydrogens is 258 g/mol. The van der Waals surface area contributed by atoms with Crippen LogP contribution in [0.15, 0.2) is 24.3 Å². The second-order valence-electron chi connectivity index (χ2n) is 6.77. The minimum Gasteiger partial charge on any atom is -0.346 e. The van der Waals surface area contributed by atoms with Crippen LogP contribution in [0.4, 0.5) is 0 Å². The molecule has 3 saturated heterocycles. The van der Waals surface area contributed by atoms with Gasteiger partial charge in [0.15, 0.2) is 0 Å². The van der Waals surface area contributed by atoms with E-state index in [0.29, 0.717) is 6.04 Å². The molecule has 3 heteroatoms. The van der Waals surface area contributed by atoms with Crippen molar-refractivity contribution < 1.29 is 0 Å². The Kier molecular flexibility index (Phi) is 3.27. The molecule has 21 heavy (non-hydrogen) atoms. The van der Waals surface area contributed by atoms with E-state index in [0.717, 1.165) is 12.5 Å². The molecule has 0 saturated carbocycles. The number of fused-ring (bicyclic) bond motifs is 4. The van der Waals surface area contributed by atoms with Crippen LogP contribution in [0.5, 0.6) is 0 Å². The lowest BCUT2D eigenvalue weighted by Gasteiger charge is -2.45. The van der Waals surface area contributed by atoms with Gasteiger partial charge in [0, 0.05) is 42.8 Å². The van der Waals surface area contributed by atoms with Crippen LogP contribution in [0.2, 0.25) is 0 Å². The number of piperidine rings is 3. The topological polar surface area (TPSA) is 20.2 Å². The lowest BCUT2D eigenvalue weighted by molar-refractivity contribution is 0.0717. The highest BCUT2D eigenvalue weighted by Gasteiger charge is 2.33. The largest absolute Gasteiger partial charge is 0.346 e. The zero-order valence-corrected chi connectivity index (χ0v) is 13.1. The van der Waals surface area contributed by atoms with E-state index >= 15 is 0 Å². The van der Waals surface area contributed by atoms with Gasteiger partial charge >= 0.3 is 0 Å². The first-order valence-electron chi connectivity index (χ1n) is 8.22. The smallest absolute Gasteiger partial charge is 0.0483 e. The number of benzene rings is 1. The van der Waals surface area contributed by atoms with E-state index in [4.69, 9.17) is 0 Å². The summed E-state index contributed by atoms with van der Waals surface area (Å²) >= 11 is 0. The third kappa shape index (κ3) is 2.19. The van der Waals surface area contributed by atoms with Crippen LogP contribution < -0.4 is 5.32 Å². The third-order valence-corrected chi connectivity index (χ3v) is 5.70. The van der Waals surface area contributed by atoms with Gasteiger partial charge in [0.1, 0.15) is 0 Å². The highest BCUT2D eigenvalue weighted by atomic mass is 15.2. The summed E-state index contributed by atoms with van der Waals surface area (Å²) < 4.78 is 2.36. The Morgan fingerprint density at radius 1 is 1.19 bits per heavy atom. The van der Waals surface area contributed by atoms with Gasteiger partial charge in [-0.2, -0.15) is 0 Å². The molecule has 1 unspecified atom stereocenters. The van der Waals surface area contributed by atoms with E-state index in [1.165, 1.54) is 54.6 Å². The average Bonchev–Trinajstić information content (AvgIpc) is 2.79. The molecule has 3 nitrogen and oxygen atoms in total. The summed E-state index contributed by atoms with van der Waals surface area (Å²) in [4.78, 5) is 2.62. The highest BCUT2D eigenvalue weighted by molar-refractivity contribution is 5.85. The minimum atomic E-state index is 0.685. The molecule has 0 radical (unpaired) electrons. The summed E-state index contributed by atoms with van der Waals surface area (Å²) in [5.41, 5.74) is 4.22. The Labute approximate surface area is 126 Å². The fourth-order valence-corrected chi connectivity index (χ4v) is 4.31. The number of hydrogen-bond acceptors (Lipinski definition) is 2. The molecule has 1 atom stereocenters. The van der Waals surface area contributed by atoms with Crippen molar-refractivity contribution >= 4 is 10.9 Å². The van der Waals surface area contributed by atoms with E-state index < -0.39 is 0 Å². The van der Waals surface area contributed by atoms with Crippen molar-refractivity contribution in [2.24, 2.45) is 13.0 Å². The van der Waals surface area contributed by atoms with Crippen molar-refractivity contribution in [3.05, 3.63) is 35.5 Å². The molecule has 2 aromatic rings. The molecule has 1 N–H and O–H groups in total. The minimum absolute atomic E-state index is 0.685. The molecule has 112 valence electrons. The van der Waals surface area contributed by atoms with Gasteiger partial charge < -0.3 is 14.8 Å². The summed E-state index contributed by atoms with van der Waals surface area (Å²) in [5, 5.41) is 5.24. The maximum absolute atomic E-state index is 3.85. The van der Waals surface area contributed by atoms with Crippen LogP contribution in [0.1, 0.15) is 24.1 Å². The molecule has 0 spiro atoms. The van der Waals surface area contributed by atoms with Crippen LogP contribution in [-0.2, 0) is 13.6 Å². The first-order valence-corrected chi connectivity index (χ1v) is 8.22. The number of para-hydroxylation sites is 1. The van der Waals surface area contributed by atoms with Gasteiger partial charge in [-0.15, -0.1) is 0 Å². The zero-order valence-electron chi connectivity index (χ0n) is 13.1. The van der Waals surface area contributed by atoms with Crippen LogP contribution in [-0.4, -0.2) is 35.1 Å². The second-order valence-corrected chi connectivity index (χ2v) is 6.77. The van der Waals surface area contributed by atoms with Crippen molar-refractivity contribution in [3.63, 3.8) is 0 Å². The molecule has 3 fully saturated rings. The molecule has 0 amide bonds. The second kappa shape index (κ2) is 5.15. The number of nitrogens with zero attached hydrogens (tertiary/aromatic N) is 2. The lowest BCUT2D eigenvalue weighted by Crippen LogP contribution is -2.55. The maximum atomic E-state index is 3.85. The predicted octanol–water partition coefficient (Wildman–Crippen LogP) is 2.67. The molecule has 3 aliphatic heterocycles. The fraction of sp³-hybridized carbons (Fsp3) is 0.556. The quantitative estimate of drug-likeness (QED) is 0.934. The third-order valence-electron chi connectivity index (χ3n) is 5.70. The molecule has 1 aromatic carbocycles. The summed E-state index contributed by atoms with van der Waals surface area (Å²) in [6.07, 6.45) is 2.76. The molecule has 1 aromatic heterocycles. The number of hydrogen-bond donors (Lipinski definition) is 1. The Balaban J connectivity index is 1.55. The van der Waals surface area contributed by atoms with Crippen LogP contribution in [0.3, 0.4) is 0 Å². The first kappa shape index (κ1) is 13.4. The van der Waals surface area contributed by atoms with Crippen molar-refractivity contribution in [1.82, 2.24) is 14.8 Å². The monoisotopic (exact) mass is 283 g/mol. The number of nitrogens with one attached hydrogen (secondary N) is 1. The van der Waals surface area contributed by atoms with Gasteiger partial charge in [0.2, 0.25) is 0 Å². The Hall–Kier alpha value is -1.32. The molecule has 2 bridgehead atoms. The maximum Gasteiger partial charge on any atom is 0.0483 e. The van der Waals surface area contributed by atoms with E-state index in [2.05, 4.69) is 53.0 Å². The zero-order chi connectivity index (χ0) is 14.4. The molecular formula is C18H25N3. The van der Waals surface area contributed by atoms with E-state index in [-0.39, 0.29) is 0 Å². The Morgan fingerprint density at radius 3 is 2.62 bits per heavy atom. The van der Waals surface area contributed by atoms with E-state index in [9.17, 15) is 0 Å². The van der Waals surface area contributed by atoms with Crippen molar-refractivity contribution in [2.75, 3.05) is 19.6 Å². The van der Waals surface area contributed by atoms with Gasteiger partial charge in [-0.25, -0.2) is 0 Å². The Morgan fingerprint density at radius 2 is 1.95 bits per heavy atom. The first-order chi connectivity index (χ1) is 10.2. The highest BCUT2D eigenvalue weighted by Crippen LogP contribution is 2.29. The van der Waals surface area contributed by atoms with E-state index in [1.54, 1.807) is 0 Å². The van der Waals surface area contributed by atoms with Crippen LogP contribution in [0.25, 0.3) is 10.9 Å². The summed E-state index contributed by atoms with van der Waals surface area (Å²) in [6.45, 7) is 7.13. The molecule has 5 rings (SSSR count). The summed E-state index contributed by atoms with van der Waals surface area (Å²) in [5.74, 6) is 0.894. The van der Waals surface area contributed by atoms with Gasteiger partial charge in [-0.1, -0.05) is 18.2 Å². The predicted molar refractivity (Wildman–Crippen MR) is 87.4 cm³/mol. The van der Waals surface area contributed by atoms with Gasteiger partial charge in [-0.05, 0) is 50.4 Å². The normalized spacial score (nSPS) is 28.4. The average molecular weight is 283 g/mol. The number of aryl methyl sites for hydroxylation is 2. The summed E-state index contributed by atoms with van der Waals surface area (Å²) in [6, 6.07) is 9.42. The van der Waals surface area contributed by atoms with E-state index in [1.807, 2.05) is 0 Å². The van der Waals surface area contributed by atoms with Crippen molar-refractivity contribution in [2.45, 2.75) is 32.4 Å².